The van der Waals surface area contributed by atoms with Crippen molar-refractivity contribution in [1.29, 1.82) is 0 Å². The number of thioether (sulfide) groups is 1. The summed E-state index contributed by atoms with van der Waals surface area (Å²) in [7, 11) is 0.393. The van der Waals surface area contributed by atoms with Gasteiger partial charge in [0.15, 0.2) is 5.16 Å². The minimum absolute atomic E-state index is 0.0686. The Hall–Kier alpha value is -2.16. The zero-order chi connectivity index (χ0) is 24.3. The second kappa shape index (κ2) is 10.4. The van der Waals surface area contributed by atoms with Crippen LogP contribution < -0.4 is 15.0 Å². The first-order chi connectivity index (χ1) is 15.5. The van der Waals surface area contributed by atoms with Crippen molar-refractivity contribution in [3.05, 3.63) is 63.4 Å². The van der Waals surface area contributed by atoms with Gasteiger partial charge in [0, 0.05) is 6.04 Å². The number of ether oxygens (including phenoxy) is 1. The molecule has 8 heteroatoms. The quantitative estimate of drug-likeness (QED) is 0.358. The fraction of sp³-hybridized carbons (Fsp3) is 0.440. The van der Waals surface area contributed by atoms with Gasteiger partial charge in [0.2, 0.25) is 0 Å². The van der Waals surface area contributed by atoms with Crippen molar-refractivity contribution >= 4 is 33.7 Å². The van der Waals surface area contributed by atoms with E-state index in [0.717, 1.165) is 28.2 Å². The van der Waals surface area contributed by atoms with Crippen molar-refractivity contribution in [2.45, 2.75) is 64.0 Å². The third kappa shape index (κ3) is 5.86. The molecule has 0 saturated carbocycles. The largest absolute Gasteiger partial charge is 0.497 e. The summed E-state index contributed by atoms with van der Waals surface area (Å²) in [5, 5.41) is 1.26. The Bertz CT molecular complexity index is 1210. The lowest BCUT2D eigenvalue weighted by molar-refractivity contribution is 0.414. The summed E-state index contributed by atoms with van der Waals surface area (Å²) < 4.78 is 22.5. The molecule has 0 saturated heterocycles. The Morgan fingerprint density at radius 2 is 1.88 bits per heavy atom. The average molecular weight is 488 g/mol. The average Bonchev–Trinajstić information content (AvgIpc) is 2.76. The molecule has 3 aromatic rings. The molecule has 1 aromatic heterocycles. The monoisotopic (exact) mass is 487 g/mol. The van der Waals surface area contributed by atoms with E-state index in [1.54, 1.807) is 23.4 Å². The van der Waals surface area contributed by atoms with Crippen molar-refractivity contribution in [3.8, 4) is 5.75 Å². The zero-order valence-electron chi connectivity index (χ0n) is 20.4. The topological polar surface area (TPSA) is 73.2 Å². The van der Waals surface area contributed by atoms with Crippen LogP contribution in [0.5, 0.6) is 5.75 Å². The van der Waals surface area contributed by atoms with Gasteiger partial charge in [-0.2, -0.15) is 0 Å². The Morgan fingerprint density at radius 1 is 1.21 bits per heavy atom. The van der Waals surface area contributed by atoms with E-state index < -0.39 is 15.7 Å². The molecule has 2 aromatic carbocycles. The summed E-state index contributed by atoms with van der Waals surface area (Å²) in [6, 6.07) is 11.4. The molecule has 6 nitrogen and oxygen atoms in total. The Kier molecular flexibility index (Phi) is 8.03. The van der Waals surface area contributed by atoms with E-state index in [2.05, 4.69) is 4.72 Å². The van der Waals surface area contributed by atoms with Gasteiger partial charge >= 0.3 is 0 Å². The minimum atomic E-state index is -1.24. The van der Waals surface area contributed by atoms with Crippen molar-refractivity contribution in [1.82, 2.24) is 14.3 Å². The summed E-state index contributed by atoms with van der Waals surface area (Å²) in [5.41, 5.74) is 3.45. The number of hydrogen-bond donors (Lipinski definition) is 1. The molecule has 0 fully saturated rings. The fourth-order valence-corrected chi connectivity index (χ4v) is 5.03. The van der Waals surface area contributed by atoms with Gasteiger partial charge in [-0.05, 0) is 75.3 Å². The number of fused-ring (bicyclic) bond motifs is 1. The highest BCUT2D eigenvalue weighted by atomic mass is 32.2. The predicted molar refractivity (Wildman–Crippen MR) is 139 cm³/mol. The number of methoxy groups -OCH3 is 1. The van der Waals surface area contributed by atoms with E-state index in [4.69, 9.17) is 9.72 Å². The van der Waals surface area contributed by atoms with Gasteiger partial charge in [0.25, 0.3) is 5.56 Å². The van der Waals surface area contributed by atoms with Crippen molar-refractivity contribution in [3.63, 3.8) is 0 Å². The lowest BCUT2D eigenvalue weighted by atomic mass is 10.0. The molecule has 33 heavy (non-hydrogen) atoms. The SMILES string of the molecule is CCSc1nc2c(C(C)N[S@](=O)C(C)(C)C)cc(C)cc2c(=O)n1Cc1ccc(OC)cc1. The number of aryl methyl sites for hydroxylation is 1. The van der Waals surface area contributed by atoms with Crippen molar-refractivity contribution < 1.29 is 8.95 Å². The molecular formula is C25H33N3O3S2. The van der Waals surface area contributed by atoms with Crippen LogP contribution in [0.25, 0.3) is 10.9 Å². The van der Waals surface area contributed by atoms with E-state index in [-0.39, 0.29) is 11.6 Å². The van der Waals surface area contributed by atoms with Crippen LogP contribution in [0.15, 0.2) is 46.3 Å². The molecule has 1 heterocycles. The number of nitrogens with zero attached hydrogens (tertiary/aromatic N) is 2. The molecule has 0 bridgehead atoms. The lowest BCUT2D eigenvalue weighted by Gasteiger charge is -2.23. The molecule has 0 amide bonds. The molecule has 0 aliphatic rings. The maximum Gasteiger partial charge on any atom is 0.262 e. The second-order valence-electron chi connectivity index (χ2n) is 9.04. The Morgan fingerprint density at radius 3 is 2.45 bits per heavy atom. The predicted octanol–water partition coefficient (Wildman–Crippen LogP) is 4.99. The van der Waals surface area contributed by atoms with Crippen LogP contribution >= 0.6 is 11.8 Å². The van der Waals surface area contributed by atoms with E-state index in [1.165, 1.54) is 0 Å². The molecular weight excluding hydrogens is 454 g/mol. The van der Waals surface area contributed by atoms with Crippen LogP contribution in [0.4, 0.5) is 0 Å². The van der Waals surface area contributed by atoms with Gasteiger partial charge < -0.3 is 4.74 Å². The van der Waals surface area contributed by atoms with E-state index in [9.17, 15) is 9.00 Å². The summed E-state index contributed by atoms with van der Waals surface area (Å²) in [6.07, 6.45) is 0. The highest BCUT2D eigenvalue weighted by molar-refractivity contribution is 7.99. The maximum absolute atomic E-state index is 13.7. The van der Waals surface area contributed by atoms with E-state index in [1.807, 2.05) is 77.9 Å². The third-order valence-electron chi connectivity index (χ3n) is 5.28. The van der Waals surface area contributed by atoms with Gasteiger partial charge in [-0.1, -0.05) is 36.9 Å². The summed E-state index contributed by atoms with van der Waals surface area (Å²) in [4.78, 5) is 18.6. The summed E-state index contributed by atoms with van der Waals surface area (Å²) >= 11 is 1.55. The number of rotatable bonds is 8. The Balaban J connectivity index is 2.13. The second-order valence-corrected chi connectivity index (χ2v) is 12.3. The summed E-state index contributed by atoms with van der Waals surface area (Å²) in [5.74, 6) is 1.57. The van der Waals surface area contributed by atoms with Crippen LogP contribution in [0.2, 0.25) is 0 Å². The van der Waals surface area contributed by atoms with Crippen LogP contribution in [-0.2, 0) is 17.5 Å². The van der Waals surface area contributed by atoms with Gasteiger partial charge in [-0.15, -0.1) is 0 Å². The smallest absolute Gasteiger partial charge is 0.262 e. The van der Waals surface area contributed by atoms with Gasteiger partial charge in [-0.25, -0.2) is 13.9 Å². The zero-order valence-corrected chi connectivity index (χ0v) is 22.0. The fourth-order valence-electron chi connectivity index (χ4n) is 3.51. The molecule has 0 aliphatic heterocycles. The first-order valence-corrected chi connectivity index (χ1v) is 13.2. The van der Waals surface area contributed by atoms with Crippen LogP contribution in [0.1, 0.15) is 57.4 Å². The van der Waals surface area contributed by atoms with Crippen LogP contribution in [0.3, 0.4) is 0 Å². The number of benzene rings is 2. The lowest BCUT2D eigenvalue weighted by Crippen LogP contribution is -2.35. The molecule has 0 spiro atoms. The van der Waals surface area contributed by atoms with Crippen molar-refractivity contribution in [2.75, 3.05) is 12.9 Å². The molecule has 0 aliphatic carbocycles. The van der Waals surface area contributed by atoms with Crippen molar-refractivity contribution in [2.24, 2.45) is 0 Å². The number of hydrogen-bond acceptors (Lipinski definition) is 5. The highest BCUT2D eigenvalue weighted by Gasteiger charge is 2.24. The molecule has 3 rings (SSSR count). The number of nitrogens with one attached hydrogen (secondary N) is 1. The standard InChI is InChI=1S/C25H33N3O3S2/c1-8-32-24-26-22-20(17(3)27-33(30)25(4,5)6)13-16(2)14-21(22)23(29)28(24)15-18-9-11-19(31-7)12-10-18/h9-14,17,27H,8,15H2,1-7H3/t17?,33-/m1/s1. The number of aromatic nitrogens is 2. The van der Waals surface area contributed by atoms with Gasteiger partial charge in [-0.3, -0.25) is 9.36 Å². The maximum atomic E-state index is 13.7. The molecule has 2 atom stereocenters. The van der Waals surface area contributed by atoms with Gasteiger partial charge in [0.1, 0.15) is 5.75 Å². The first kappa shape index (κ1) is 25.5. The molecule has 1 unspecified atom stereocenters. The molecule has 0 radical (unpaired) electrons. The minimum Gasteiger partial charge on any atom is -0.497 e. The summed E-state index contributed by atoms with van der Waals surface area (Å²) in [6.45, 7) is 12.2. The van der Waals surface area contributed by atoms with Crippen LogP contribution in [-0.4, -0.2) is 31.4 Å². The van der Waals surface area contributed by atoms with E-state index >= 15 is 0 Å². The van der Waals surface area contributed by atoms with Crippen LogP contribution in [0, 0.1) is 6.92 Å². The van der Waals surface area contributed by atoms with Gasteiger partial charge in [0.05, 0.1) is 40.3 Å². The highest BCUT2D eigenvalue weighted by Crippen LogP contribution is 2.27. The molecule has 178 valence electrons. The Labute approximate surface area is 202 Å². The van der Waals surface area contributed by atoms with E-state index in [0.29, 0.717) is 22.6 Å². The normalized spacial score (nSPS) is 13.8. The third-order valence-corrected chi connectivity index (χ3v) is 7.82. The first-order valence-electron chi connectivity index (χ1n) is 11.0. The molecule has 1 N–H and O–H groups in total.